The summed E-state index contributed by atoms with van der Waals surface area (Å²) < 4.78 is 13.1. The fourth-order valence-corrected chi connectivity index (χ4v) is 3.26. The monoisotopic (exact) mass is 324 g/mol. The molecule has 0 spiro atoms. The van der Waals surface area contributed by atoms with Crippen molar-refractivity contribution < 1.29 is 9.18 Å². The van der Waals surface area contributed by atoms with Crippen LogP contribution < -0.4 is 11.3 Å². The second kappa shape index (κ2) is 5.23. The Kier molecular flexibility index (Phi) is 3.16. The lowest BCUT2D eigenvalue weighted by Crippen LogP contribution is -2.23. The van der Waals surface area contributed by atoms with Crippen LogP contribution in [0.1, 0.15) is 33.8 Å². The lowest BCUT2D eigenvalue weighted by Gasteiger charge is -2.24. The van der Waals surface area contributed by atoms with Crippen molar-refractivity contribution in [2.24, 2.45) is 0 Å². The largest absolute Gasteiger partial charge is 0.369 e. The van der Waals surface area contributed by atoms with E-state index in [-0.39, 0.29) is 29.1 Å². The second-order valence-corrected chi connectivity index (χ2v) is 5.88. The van der Waals surface area contributed by atoms with Gasteiger partial charge in [0, 0.05) is 18.2 Å². The van der Waals surface area contributed by atoms with Crippen molar-refractivity contribution in [3.05, 3.63) is 63.3 Å². The van der Waals surface area contributed by atoms with Crippen LogP contribution in [-0.2, 0) is 6.42 Å². The van der Waals surface area contributed by atoms with Gasteiger partial charge in [-0.2, -0.15) is 4.98 Å². The van der Waals surface area contributed by atoms with Gasteiger partial charge >= 0.3 is 0 Å². The fourth-order valence-electron chi connectivity index (χ4n) is 3.26. The van der Waals surface area contributed by atoms with E-state index in [4.69, 9.17) is 5.73 Å². The van der Waals surface area contributed by atoms with Crippen LogP contribution in [0.3, 0.4) is 0 Å². The molecule has 4 rings (SSSR count). The molecule has 0 unspecified atom stereocenters. The number of nitrogen functional groups attached to an aromatic ring is 1. The molecule has 3 aromatic rings. The molecule has 2 heterocycles. The van der Waals surface area contributed by atoms with E-state index in [0.717, 1.165) is 5.56 Å². The highest BCUT2D eigenvalue weighted by atomic mass is 19.1. The van der Waals surface area contributed by atoms with E-state index in [1.54, 1.807) is 12.1 Å². The molecule has 1 aromatic carbocycles. The zero-order valence-corrected chi connectivity index (χ0v) is 12.5. The van der Waals surface area contributed by atoms with Crippen LogP contribution >= 0.6 is 0 Å². The lowest BCUT2D eigenvalue weighted by molar-refractivity contribution is 0.0964. The van der Waals surface area contributed by atoms with Crippen LogP contribution in [0, 0.1) is 5.82 Å². The van der Waals surface area contributed by atoms with Gasteiger partial charge in [-0.1, -0.05) is 12.1 Å². The summed E-state index contributed by atoms with van der Waals surface area (Å²) in [5, 5.41) is 0.293. The zero-order valence-electron chi connectivity index (χ0n) is 12.5. The topological polar surface area (TPSA) is 102 Å². The van der Waals surface area contributed by atoms with Gasteiger partial charge in [0.05, 0.1) is 5.39 Å². The molecule has 3 N–H and O–H groups in total. The van der Waals surface area contributed by atoms with Crippen LogP contribution in [-0.4, -0.2) is 20.7 Å². The fraction of sp³-hybridized carbons (Fsp3) is 0.176. The molecule has 24 heavy (non-hydrogen) atoms. The van der Waals surface area contributed by atoms with E-state index in [9.17, 15) is 14.0 Å². The Labute approximate surface area is 135 Å². The first-order valence-corrected chi connectivity index (χ1v) is 7.49. The number of anilines is 1. The molecule has 0 amide bonds. The number of fused-ring (bicyclic) bond motifs is 3. The molecule has 7 heteroatoms. The maximum atomic E-state index is 13.1. The molecular weight excluding hydrogens is 311 g/mol. The summed E-state index contributed by atoms with van der Waals surface area (Å²) in [6, 6.07) is 6.08. The highest BCUT2D eigenvalue weighted by Crippen LogP contribution is 2.34. The number of carbonyl (C=O) groups excluding carboxylic acids is 1. The number of aromatic nitrogens is 3. The third-order valence-corrected chi connectivity index (χ3v) is 4.39. The molecule has 1 aliphatic rings. The van der Waals surface area contributed by atoms with E-state index >= 15 is 0 Å². The summed E-state index contributed by atoms with van der Waals surface area (Å²) in [4.78, 5) is 35.4. The highest BCUT2D eigenvalue weighted by molar-refractivity contribution is 6.02. The lowest BCUT2D eigenvalue weighted by atomic mass is 9.79. The van der Waals surface area contributed by atoms with Crippen LogP contribution in [0.4, 0.5) is 10.3 Å². The van der Waals surface area contributed by atoms with Crippen molar-refractivity contribution in [1.82, 2.24) is 15.0 Å². The van der Waals surface area contributed by atoms with E-state index in [1.807, 2.05) is 0 Å². The number of rotatable bonds is 1. The van der Waals surface area contributed by atoms with Gasteiger partial charge in [-0.25, -0.2) is 9.37 Å². The number of H-pyrrole nitrogens is 1. The summed E-state index contributed by atoms with van der Waals surface area (Å²) in [6.07, 6.45) is 2.24. The zero-order chi connectivity index (χ0) is 16.8. The quantitative estimate of drug-likeness (QED) is 0.712. The van der Waals surface area contributed by atoms with Crippen LogP contribution in [0.2, 0.25) is 0 Å². The Hall–Kier alpha value is -3.09. The third-order valence-electron chi connectivity index (χ3n) is 4.39. The van der Waals surface area contributed by atoms with E-state index < -0.39 is 5.56 Å². The summed E-state index contributed by atoms with van der Waals surface area (Å²) in [7, 11) is 0. The Morgan fingerprint density at radius 1 is 1.17 bits per heavy atom. The number of pyridine rings is 1. The summed E-state index contributed by atoms with van der Waals surface area (Å²) in [5.41, 5.74) is 7.30. The van der Waals surface area contributed by atoms with E-state index in [2.05, 4.69) is 15.0 Å². The van der Waals surface area contributed by atoms with Crippen molar-refractivity contribution in [3.63, 3.8) is 0 Å². The number of nitrogens with one attached hydrogen (secondary N) is 1. The molecule has 0 bridgehead atoms. The number of carbonyl (C=O) groups is 1. The molecule has 1 atom stereocenters. The molecule has 0 fully saturated rings. The third kappa shape index (κ3) is 2.25. The van der Waals surface area contributed by atoms with Crippen LogP contribution in [0.25, 0.3) is 11.0 Å². The van der Waals surface area contributed by atoms with Gasteiger partial charge in [0.15, 0.2) is 11.4 Å². The normalized spacial score (nSPS) is 17.0. The van der Waals surface area contributed by atoms with Crippen molar-refractivity contribution >= 4 is 22.8 Å². The minimum atomic E-state index is -0.408. The number of aromatic amines is 1. The molecule has 0 saturated carbocycles. The SMILES string of the molecule is Nc1nc2ncc3c(c2c(=O)[nH]1)C[C@H](c1ccc(F)cc1)CC3=O. The summed E-state index contributed by atoms with van der Waals surface area (Å²) in [5.74, 6) is -0.548. The standard InChI is InChI=1S/C17H13FN4O2/c18-10-3-1-8(2-4-10)9-5-11-12(13(23)6-9)7-20-15-14(11)16(24)22-17(19)21-15/h1-4,7,9H,5-6H2,(H3,19,20,21,22,24)/t9-/m0/s1. The molecule has 2 aromatic heterocycles. The van der Waals surface area contributed by atoms with Crippen LogP contribution in [0.5, 0.6) is 0 Å². The molecule has 6 nitrogen and oxygen atoms in total. The number of nitrogens with zero attached hydrogens (tertiary/aromatic N) is 2. The maximum Gasteiger partial charge on any atom is 0.262 e. The highest BCUT2D eigenvalue weighted by Gasteiger charge is 2.29. The molecule has 120 valence electrons. The predicted molar refractivity (Wildman–Crippen MR) is 86.4 cm³/mol. The van der Waals surface area contributed by atoms with Gasteiger partial charge in [-0.15, -0.1) is 0 Å². The summed E-state index contributed by atoms with van der Waals surface area (Å²) >= 11 is 0. The molecule has 0 radical (unpaired) electrons. The van der Waals surface area contributed by atoms with Gasteiger partial charge in [0.25, 0.3) is 5.56 Å². The Morgan fingerprint density at radius 2 is 1.92 bits per heavy atom. The molecule has 1 aliphatic carbocycles. The average Bonchev–Trinajstić information content (AvgIpc) is 2.54. The Bertz CT molecular complexity index is 1030. The van der Waals surface area contributed by atoms with E-state index in [1.165, 1.54) is 18.3 Å². The summed E-state index contributed by atoms with van der Waals surface area (Å²) in [6.45, 7) is 0. The number of benzene rings is 1. The van der Waals surface area contributed by atoms with Gasteiger partial charge in [-0.3, -0.25) is 14.6 Å². The predicted octanol–water partition coefficient (Wildman–Crippen LogP) is 1.95. The molecule has 0 aliphatic heterocycles. The number of hydrogen-bond donors (Lipinski definition) is 2. The van der Waals surface area contributed by atoms with Crippen molar-refractivity contribution in [3.8, 4) is 0 Å². The Morgan fingerprint density at radius 3 is 2.67 bits per heavy atom. The minimum Gasteiger partial charge on any atom is -0.369 e. The van der Waals surface area contributed by atoms with Crippen molar-refractivity contribution in [2.45, 2.75) is 18.8 Å². The van der Waals surface area contributed by atoms with Gasteiger partial charge in [-0.05, 0) is 35.6 Å². The first-order chi connectivity index (χ1) is 11.5. The van der Waals surface area contributed by atoms with Crippen molar-refractivity contribution in [2.75, 3.05) is 5.73 Å². The van der Waals surface area contributed by atoms with E-state index in [0.29, 0.717) is 29.4 Å². The average molecular weight is 324 g/mol. The van der Waals surface area contributed by atoms with Crippen LogP contribution in [0.15, 0.2) is 35.3 Å². The maximum absolute atomic E-state index is 13.1. The molecular formula is C17H13FN4O2. The number of halogens is 1. The number of nitrogens with two attached hydrogens (primary N) is 1. The first kappa shape index (κ1) is 14.5. The van der Waals surface area contributed by atoms with Gasteiger partial charge in [0.1, 0.15) is 5.82 Å². The Balaban J connectivity index is 1.89. The molecule has 0 saturated heterocycles. The second-order valence-electron chi connectivity index (χ2n) is 5.88. The number of ketones is 1. The minimum absolute atomic E-state index is 0.0165. The van der Waals surface area contributed by atoms with Gasteiger partial charge in [0.2, 0.25) is 5.95 Å². The van der Waals surface area contributed by atoms with Gasteiger partial charge < -0.3 is 5.73 Å². The first-order valence-electron chi connectivity index (χ1n) is 7.49. The van der Waals surface area contributed by atoms with Crippen molar-refractivity contribution in [1.29, 1.82) is 0 Å². The smallest absolute Gasteiger partial charge is 0.262 e. The number of Topliss-reactive ketones (excluding diaryl/α,β-unsaturated/α-hetero) is 1. The number of hydrogen-bond acceptors (Lipinski definition) is 5.